The van der Waals surface area contributed by atoms with Crippen molar-refractivity contribution in [3.05, 3.63) is 0 Å². The highest BCUT2D eigenvalue weighted by molar-refractivity contribution is 5.68. The van der Waals surface area contributed by atoms with Crippen LogP contribution < -0.4 is 5.32 Å². The number of amides is 2. The van der Waals surface area contributed by atoms with Crippen molar-refractivity contribution >= 4 is 12.2 Å². The predicted octanol–water partition coefficient (Wildman–Crippen LogP) is 6.03. The second-order valence-corrected chi connectivity index (χ2v) is 8.91. The van der Waals surface area contributed by atoms with E-state index >= 15 is 0 Å². The highest BCUT2D eigenvalue weighted by Crippen LogP contribution is 2.13. The van der Waals surface area contributed by atoms with Gasteiger partial charge < -0.3 is 24.8 Å². The van der Waals surface area contributed by atoms with Crippen LogP contribution in [0.25, 0.3) is 0 Å². The third kappa shape index (κ3) is 20.4. The minimum atomic E-state index is -0.855. The smallest absolute Gasteiger partial charge is 0.409 e. The van der Waals surface area contributed by atoms with Gasteiger partial charge in [-0.3, -0.25) is 0 Å². The van der Waals surface area contributed by atoms with Gasteiger partial charge in [0, 0.05) is 20.6 Å². The number of nitrogens with zero attached hydrogens (tertiary/aromatic N) is 1. The number of unbranched alkanes of at least 4 members (excludes halogenated alkanes) is 15. The Morgan fingerprint density at radius 1 is 0.781 bits per heavy atom. The number of carbonyl (C=O) groups excluding carboxylic acids is 2. The second kappa shape index (κ2) is 22.7. The van der Waals surface area contributed by atoms with Crippen molar-refractivity contribution in [1.29, 1.82) is 0 Å². The molecule has 32 heavy (non-hydrogen) atoms. The number of carbonyl (C=O) groups is 2. The molecular weight excluding hydrogens is 408 g/mol. The van der Waals surface area contributed by atoms with Crippen LogP contribution in [0, 0.1) is 0 Å². The van der Waals surface area contributed by atoms with Crippen LogP contribution in [0.5, 0.6) is 0 Å². The lowest BCUT2D eigenvalue weighted by molar-refractivity contribution is 0.00396. The Kier molecular flexibility index (Phi) is 21.6. The first kappa shape index (κ1) is 30.5. The molecule has 0 spiro atoms. The fourth-order valence-electron chi connectivity index (χ4n) is 3.46. The average Bonchev–Trinajstić information content (AvgIpc) is 2.78. The van der Waals surface area contributed by atoms with Gasteiger partial charge >= 0.3 is 12.2 Å². The third-order valence-electron chi connectivity index (χ3n) is 5.54. The van der Waals surface area contributed by atoms with Crippen LogP contribution in [-0.2, 0) is 9.47 Å². The summed E-state index contributed by atoms with van der Waals surface area (Å²) in [7, 11) is 3.09. The quantitative estimate of drug-likeness (QED) is 0.205. The molecule has 7 heteroatoms. The van der Waals surface area contributed by atoms with Crippen molar-refractivity contribution in [1.82, 2.24) is 10.2 Å². The van der Waals surface area contributed by atoms with Gasteiger partial charge in [0.1, 0.15) is 6.61 Å². The number of rotatable bonds is 21. The molecule has 1 atom stereocenters. The van der Waals surface area contributed by atoms with Gasteiger partial charge in [0.05, 0.1) is 6.61 Å². The molecule has 0 fully saturated rings. The zero-order valence-electron chi connectivity index (χ0n) is 21.0. The molecule has 0 radical (unpaired) electrons. The second-order valence-electron chi connectivity index (χ2n) is 8.91. The Balaban J connectivity index is 3.37. The van der Waals surface area contributed by atoms with E-state index in [1.165, 1.54) is 94.8 Å². The summed E-state index contributed by atoms with van der Waals surface area (Å²) < 4.78 is 9.98. The van der Waals surface area contributed by atoms with Crippen molar-refractivity contribution in [3.63, 3.8) is 0 Å². The standard InChI is InChI=1S/C25H50N2O5/c1-4-5-6-7-8-9-10-11-12-13-14-15-16-17-18-19-20-26-24(29)31-22-23(21-28)32-25(30)27(2)3/h23,28H,4-22H2,1-3H3,(H,26,29). The molecule has 0 aliphatic rings. The van der Waals surface area contributed by atoms with Crippen LogP contribution in [0.1, 0.15) is 110 Å². The van der Waals surface area contributed by atoms with E-state index in [-0.39, 0.29) is 6.61 Å². The lowest BCUT2D eigenvalue weighted by atomic mass is 10.0. The Morgan fingerprint density at radius 3 is 1.62 bits per heavy atom. The van der Waals surface area contributed by atoms with Crippen molar-refractivity contribution in [3.8, 4) is 0 Å². The SMILES string of the molecule is CCCCCCCCCCCCCCCCCCNC(=O)OCC(CO)OC(=O)N(C)C. The topological polar surface area (TPSA) is 88.1 Å². The third-order valence-corrected chi connectivity index (χ3v) is 5.54. The molecule has 7 nitrogen and oxygen atoms in total. The van der Waals surface area contributed by atoms with Crippen LogP contribution in [0.2, 0.25) is 0 Å². The summed E-state index contributed by atoms with van der Waals surface area (Å²) in [6.45, 7) is 2.27. The van der Waals surface area contributed by atoms with E-state index in [1.54, 1.807) is 14.1 Å². The number of alkyl carbamates (subject to hydrolysis) is 1. The summed E-state index contributed by atoms with van der Waals surface area (Å²) >= 11 is 0. The van der Waals surface area contributed by atoms with Gasteiger partial charge in [0.15, 0.2) is 6.10 Å². The summed E-state index contributed by atoms with van der Waals surface area (Å²) in [6.07, 6.45) is 19.1. The van der Waals surface area contributed by atoms with Gasteiger partial charge in [0.25, 0.3) is 0 Å². The van der Waals surface area contributed by atoms with Gasteiger partial charge in [-0.15, -0.1) is 0 Å². The van der Waals surface area contributed by atoms with Crippen molar-refractivity contribution in [2.24, 2.45) is 0 Å². The molecule has 0 rings (SSSR count). The molecule has 0 saturated carbocycles. The van der Waals surface area contributed by atoms with Gasteiger partial charge in [-0.2, -0.15) is 0 Å². The molecule has 0 aromatic heterocycles. The van der Waals surface area contributed by atoms with Gasteiger partial charge in [-0.25, -0.2) is 9.59 Å². The Morgan fingerprint density at radius 2 is 1.22 bits per heavy atom. The number of nitrogens with one attached hydrogen (secondary N) is 1. The van der Waals surface area contributed by atoms with E-state index in [9.17, 15) is 14.7 Å². The van der Waals surface area contributed by atoms with E-state index in [0.29, 0.717) is 6.54 Å². The lowest BCUT2D eigenvalue weighted by Crippen LogP contribution is -2.35. The molecule has 2 amide bonds. The largest absolute Gasteiger partial charge is 0.446 e. The zero-order valence-corrected chi connectivity index (χ0v) is 21.0. The molecule has 0 aromatic carbocycles. The Labute approximate surface area is 196 Å². The zero-order chi connectivity index (χ0) is 23.9. The van der Waals surface area contributed by atoms with E-state index in [1.807, 2.05) is 0 Å². The predicted molar refractivity (Wildman–Crippen MR) is 130 cm³/mol. The highest BCUT2D eigenvalue weighted by atomic mass is 16.6. The highest BCUT2D eigenvalue weighted by Gasteiger charge is 2.17. The fourth-order valence-corrected chi connectivity index (χ4v) is 3.46. The first-order chi connectivity index (χ1) is 15.5. The molecule has 2 N–H and O–H groups in total. The first-order valence-corrected chi connectivity index (χ1v) is 12.9. The van der Waals surface area contributed by atoms with E-state index < -0.39 is 24.9 Å². The molecular formula is C25H50N2O5. The van der Waals surface area contributed by atoms with Crippen LogP contribution in [0.15, 0.2) is 0 Å². The number of aliphatic hydroxyl groups excluding tert-OH is 1. The first-order valence-electron chi connectivity index (χ1n) is 12.9. The molecule has 0 bridgehead atoms. The number of aliphatic hydroxyl groups is 1. The summed E-state index contributed by atoms with van der Waals surface area (Å²) in [5.41, 5.74) is 0. The number of hydrogen-bond acceptors (Lipinski definition) is 5. The van der Waals surface area contributed by atoms with E-state index in [4.69, 9.17) is 9.47 Å². The molecule has 0 aliphatic heterocycles. The monoisotopic (exact) mass is 458 g/mol. The maximum atomic E-state index is 11.7. The minimum Gasteiger partial charge on any atom is -0.446 e. The van der Waals surface area contributed by atoms with Gasteiger partial charge in [0.2, 0.25) is 0 Å². The average molecular weight is 459 g/mol. The Hall–Kier alpha value is -1.50. The summed E-state index contributed by atoms with van der Waals surface area (Å²) in [5, 5.41) is 11.9. The summed E-state index contributed by atoms with van der Waals surface area (Å²) in [4.78, 5) is 24.4. The molecule has 0 saturated heterocycles. The molecule has 1 unspecified atom stereocenters. The van der Waals surface area contributed by atoms with Crippen LogP contribution >= 0.6 is 0 Å². The van der Waals surface area contributed by atoms with Crippen LogP contribution in [0.3, 0.4) is 0 Å². The molecule has 190 valence electrons. The minimum absolute atomic E-state index is 0.166. The van der Waals surface area contributed by atoms with Gasteiger partial charge in [-0.1, -0.05) is 103 Å². The molecule has 0 aliphatic carbocycles. The van der Waals surface area contributed by atoms with Crippen LogP contribution in [-0.4, -0.2) is 62.2 Å². The maximum absolute atomic E-state index is 11.7. The normalized spacial score (nSPS) is 11.8. The molecule has 0 heterocycles. The van der Waals surface area contributed by atoms with Crippen molar-refractivity contribution in [2.45, 2.75) is 116 Å². The van der Waals surface area contributed by atoms with E-state index in [0.717, 1.165) is 12.8 Å². The summed E-state index contributed by atoms with van der Waals surface area (Å²) in [5.74, 6) is 0. The Bertz CT molecular complexity index is 446. The van der Waals surface area contributed by atoms with Gasteiger partial charge in [-0.05, 0) is 6.42 Å². The maximum Gasteiger partial charge on any atom is 0.409 e. The lowest BCUT2D eigenvalue weighted by Gasteiger charge is -2.18. The van der Waals surface area contributed by atoms with Crippen molar-refractivity contribution < 1.29 is 24.2 Å². The van der Waals surface area contributed by atoms with E-state index in [2.05, 4.69) is 12.2 Å². The van der Waals surface area contributed by atoms with Crippen LogP contribution in [0.4, 0.5) is 9.59 Å². The summed E-state index contributed by atoms with van der Waals surface area (Å²) in [6, 6.07) is 0. The van der Waals surface area contributed by atoms with Crippen molar-refractivity contribution in [2.75, 3.05) is 33.9 Å². The number of ether oxygens (including phenoxy) is 2. The molecule has 0 aromatic rings. The number of hydrogen-bond donors (Lipinski definition) is 2. The fraction of sp³-hybridized carbons (Fsp3) is 0.920.